The highest BCUT2D eigenvalue weighted by atomic mass is 32.2. The molecule has 1 saturated heterocycles. The molecule has 1 fully saturated rings. The van der Waals surface area contributed by atoms with Crippen molar-refractivity contribution in [2.24, 2.45) is 0 Å². The van der Waals surface area contributed by atoms with E-state index in [1.807, 2.05) is 18.4 Å². The third kappa shape index (κ3) is 3.48. The van der Waals surface area contributed by atoms with Crippen molar-refractivity contribution in [2.75, 3.05) is 26.8 Å². The highest BCUT2D eigenvalue weighted by Crippen LogP contribution is 2.23. The minimum absolute atomic E-state index is 0.0582. The van der Waals surface area contributed by atoms with Crippen LogP contribution in [0.25, 0.3) is 0 Å². The number of aromatic nitrogens is 1. The molecule has 1 atom stereocenters. The minimum Gasteiger partial charge on any atom is -0.380 e. The first-order valence-corrected chi connectivity index (χ1v) is 8.90. The first-order valence-electron chi connectivity index (χ1n) is 7.46. The number of hydrogen-bond donors (Lipinski definition) is 1. The third-order valence-electron chi connectivity index (χ3n) is 3.95. The standard InChI is InChI=1S/C14H25N3O3S/c1-4-15-9-13-8-14(10-17(13)5-2)21(18,19)16(3)12-6-7-20-11-12/h8,10,12,15H,4-7,9,11H2,1-3H3. The molecule has 1 aromatic heterocycles. The second-order valence-corrected chi connectivity index (χ2v) is 7.27. The number of nitrogens with one attached hydrogen (secondary N) is 1. The van der Waals surface area contributed by atoms with Crippen LogP contribution in [0.2, 0.25) is 0 Å². The summed E-state index contributed by atoms with van der Waals surface area (Å²) >= 11 is 0. The molecule has 2 rings (SSSR count). The number of aryl methyl sites for hydroxylation is 1. The van der Waals surface area contributed by atoms with Gasteiger partial charge in [0, 0.05) is 38.6 Å². The summed E-state index contributed by atoms with van der Waals surface area (Å²) < 4.78 is 34.1. The number of likely N-dealkylation sites (N-methyl/N-ethyl adjacent to an activating group) is 1. The number of sulfonamides is 1. The highest BCUT2D eigenvalue weighted by Gasteiger charge is 2.31. The van der Waals surface area contributed by atoms with Gasteiger partial charge < -0.3 is 14.6 Å². The second-order valence-electron chi connectivity index (χ2n) is 5.27. The van der Waals surface area contributed by atoms with E-state index in [0.717, 1.165) is 25.2 Å². The average Bonchev–Trinajstić information content (AvgIpc) is 3.13. The van der Waals surface area contributed by atoms with E-state index in [-0.39, 0.29) is 6.04 Å². The maximum absolute atomic E-state index is 12.7. The average molecular weight is 315 g/mol. The predicted molar refractivity (Wildman–Crippen MR) is 81.7 cm³/mol. The molecule has 6 nitrogen and oxygen atoms in total. The van der Waals surface area contributed by atoms with Gasteiger partial charge in [-0.2, -0.15) is 4.31 Å². The van der Waals surface area contributed by atoms with E-state index < -0.39 is 10.0 Å². The molecule has 120 valence electrons. The van der Waals surface area contributed by atoms with Gasteiger partial charge in [-0.1, -0.05) is 6.92 Å². The van der Waals surface area contributed by atoms with E-state index in [9.17, 15) is 8.42 Å². The van der Waals surface area contributed by atoms with Crippen LogP contribution in [-0.2, 0) is 27.8 Å². The molecular weight excluding hydrogens is 290 g/mol. The van der Waals surface area contributed by atoms with Crippen LogP contribution in [0, 0.1) is 0 Å². The van der Waals surface area contributed by atoms with E-state index in [2.05, 4.69) is 5.32 Å². The topological polar surface area (TPSA) is 63.6 Å². The van der Waals surface area contributed by atoms with Crippen molar-refractivity contribution in [3.63, 3.8) is 0 Å². The fraction of sp³-hybridized carbons (Fsp3) is 0.714. The van der Waals surface area contributed by atoms with E-state index in [1.165, 1.54) is 4.31 Å². The van der Waals surface area contributed by atoms with E-state index >= 15 is 0 Å². The van der Waals surface area contributed by atoms with E-state index in [4.69, 9.17) is 4.74 Å². The Balaban J connectivity index is 2.24. The van der Waals surface area contributed by atoms with Gasteiger partial charge in [0.15, 0.2) is 0 Å². The number of ether oxygens (including phenoxy) is 1. The molecule has 0 aromatic carbocycles. The van der Waals surface area contributed by atoms with Gasteiger partial charge in [-0.25, -0.2) is 8.42 Å². The Bertz CT molecular complexity index is 562. The maximum atomic E-state index is 12.7. The SMILES string of the molecule is CCNCc1cc(S(=O)(=O)N(C)C2CCOC2)cn1CC. The lowest BCUT2D eigenvalue weighted by Gasteiger charge is -2.21. The summed E-state index contributed by atoms with van der Waals surface area (Å²) in [6.07, 6.45) is 2.49. The molecule has 7 heteroatoms. The van der Waals surface area contributed by atoms with Crippen LogP contribution in [0.5, 0.6) is 0 Å². The molecule has 1 unspecified atom stereocenters. The van der Waals surface area contributed by atoms with Crippen LogP contribution in [0.15, 0.2) is 17.2 Å². The molecule has 0 spiro atoms. The zero-order valence-electron chi connectivity index (χ0n) is 13.0. The Kier molecular flexibility index (Phi) is 5.43. The monoisotopic (exact) mass is 315 g/mol. The van der Waals surface area contributed by atoms with Crippen molar-refractivity contribution < 1.29 is 13.2 Å². The predicted octanol–water partition coefficient (Wildman–Crippen LogP) is 1.03. The number of nitrogens with zero attached hydrogens (tertiary/aromatic N) is 2. The Hall–Kier alpha value is -0.890. The van der Waals surface area contributed by atoms with Crippen molar-refractivity contribution in [2.45, 2.75) is 44.3 Å². The van der Waals surface area contributed by atoms with Crippen LogP contribution < -0.4 is 5.32 Å². The number of rotatable bonds is 7. The van der Waals surface area contributed by atoms with Crippen LogP contribution >= 0.6 is 0 Å². The Morgan fingerprint density at radius 1 is 1.48 bits per heavy atom. The van der Waals surface area contributed by atoms with E-state index in [1.54, 1.807) is 19.3 Å². The molecule has 1 aromatic rings. The first-order chi connectivity index (χ1) is 10.0. The van der Waals surface area contributed by atoms with Gasteiger partial charge in [-0.3, -0.25) is 0 Å². The largest absolute Gasteiger partial charge is 0.380 e. The molecule has 0 radical (unpaired) electrons. The molecule has 1 aliphatic rings. The quantitative estimate of drug-likeness (QED) is 0.816. The van der Waals surface area contributed by atoms with Crippen molar-refractivity contribution >= 4 is 10.0 Å². The molecule has 0 aliphatic carbocycles. The zero-order chi connectivity index (χ0) is 15.5. The highest BCUT2D eigenvalue weighted by molar-refractivity contribution is 7.89. The summed E-state index contributed by atoms with van der Waals surface area (Å²) in [4.78, 5) is 0.367. The second kappa shape index (κ2) is 6.91. The van der Waals surface area contributed by atoms with Gasteiger partial charge in [0.1, 0.15) is 4.90 Å². The summed E-state index contributed by atoms with van der Waals surface area (Å²) in [6.45, 7) is 7.45. The lowest BCUT2D eigenvalue weighted by atomic mass is 10.3. The molecule has 0 amide bonds. The maximum Gasteiger partial charge on any atom is 0.244 e. The summed E-state index contributed by atoms with van der Waals surface area (Å²) in [5.74, 6) is 0. The first kappa shape index (κ1) is 16.5. The lowest BCUT2D eigenvalue weighted by Crippen LogP contribution is -2.37. The summed E-state index contributed by atoms with van der Waals surface area (Å²) in [5, 5.41) is 3.24. The van der Waals surface area contributed by atoms with Crippen molar-refractivity contribution in [1.29, 1.82) is 0 Å². The fourth-order valence-corrected chi connectivity index (χ4v) is 3.97. The van der Waals surface area contributed by atoms with Gasteiger partial charge in [0.05, 0.1) is 12.6 Å². The Morgan fingerprint density at radius 2 is 2.24 bits per heavy atom. The van der Waals surface area contributed by atoms with Gasteiger partial charge in [-0.15, -0.1) is 0 Å². The molecular formula is C14H25N3O3S. The van der Waals surface area contributed by atoms with Crippen LogP contribution in [0.1, 0.15) is 26.0 Å². The summed E-state index contributed by atoms with van der Waals surface area (Å²) in [7, 11) is -1.81. The fourth-order valence-electron chi connectivity index (χ4n) is 2.53. The van der Waals surface area contributed by atoms with Gasteiger partial charge >= 0.3 is 0 Å². The van der Waals surface area contributed by atoms with Crippen LogP contribution in [0.4, 0.5) is 0 Å². The van der Waals surface area contributed by atoms with Crippen molar-refractivity contribution in [3.05, 3.63) is 18.0 Å². The van der Waals surface area contributed by atoms with Crippen LogP contribution in [0.3, 0.4) is 0 Å². The number of hydrogen-bond acceptors (Lipinski definition) is 4. The van der Waals surface area contributed by atoms with E-state index in [0.29, 0.717) is 24.7 Å². The Labute approximate surface area is 127 Å². The minimum atomic E-state index is -3.45. The smallest absolute Gasteiger partial charge is 0.244 e. The van der Waals surface area contributed by atoms with Gasteiger partial charge in [-0.05, 0) is 26.0 Å². The third-order valence-corrected chi connectivity index (χ3v) is 5.83. The molecule has 1 aliphatic heterocycles. The summed E-state index contributed by atoms with van der Waals surface area (Å²) in [5.41, 5.74) is 0.994. The molecule has 0 saturated carbocycles. The van der Waals surface area contributed by atoms with Crippen molar-refractivity contribution in [3.8, 4) is 0 Å². The molecule has 1 N–H and O–H groups in total. The van der Waals surface area contributed by atoms with Gasteiger partial charge in [0.2, 0.25) is 10.0 Å². The summed E-state index contributed by atoms with van der Waals surface area (Å²) in [6, 6.07) is 1.71. The molecule has 21 heavy (non-hydrogen) atoms. The Morgan fingerprint density at radius 3 is 2.81 bits per heavy atom. The van der Waals surface area contributed by atoms with Crippen LogP contribution in [-0.4, -0.2) is 50.1 Å². The normalized spacial score (nSPS) is 19.5. The molecule has 0 bridgehead atoms. The van der Waals surface area contributed by atoms with Gasteiger partial charge in [0.25, 0.3) is 0 Å². The molecule has 2 heterocycles. The zero-order valence-corrected chi connectivity index (χ0v) is 13.8. The lowest BCUT2D eigenvalue weighted by molar-refractivity contribution is 0.181. The van der Waals surface area contributed by atoms with Crippen molar-refractivity contribution in [1.82, 2.24) is 14.2 Å².